The second-order valence-electron chi connectivity index (χ2n) is 4.85. The number of amides is 1. The van der Waals surface area contributed by atoms with E-state index < -0.39 is 5.54 Å². The number of benzene rings is 1. The molecular weight excluding hydrogens is 409 g/mol. The lowest BCUT2D eigenvalue weighted by atomic mass is 9.92. The highest BCUT2D eigenvalue weighted by Crippen LogP contribution is 2.23. The van der Waals surface area contributed by atoms with Gasteiger partial charge < -0.3 is 10.6 Å². The zero-order valence-corrected chi connectivity index (χ0v) is 16.2. The number of nitrogens with zero attached hydrogens (tertiary/aromatic N) is 2. The molecule has 0 radical (unpaired) electrons. The molecule has 0 aliphatic rings. The van der Waals surface area contributed by atoms with Crippen LogP contribution in [0.5, 0.6) is 0 Å². The summed E-state index contributed by atoms with van der Waals surface area (Å²) in [5.74, 6) is -0.132. The van der Waals surface area contributed by atoms with Crippen molar-refractivity contribution in [3.8, 4) is 0 Å². The minimum atomic E-state index is -1.05. The summed E-state index contributed by atoms with van der Waals surface area (Å²) in [5.41, 5.74) is 8.60. The number of hydrogen-bond acceptors (Lipinski definition) is 4. The number of carbonyl (C=O) groups excluding carboxylic acids is 1. The summed E-state index contributed by atoms with van der Waals surface area (Å²) in [6, 6.07) is 7.49. The predicted molar refractivity (Wildman–Crippen MR) is 98.8 cm³/mol. The molecule has 2 rings (SSSR count). The monoisotopic (exact) mass is 425 g/mol. The number of rotatable bonds is 4. The summed E-state index contributed by atoms with van der Waals surface area (Å²) in [6.07, 6.45) is 0. The number of hydrogen-bond donors (Lipinski definition) is 1. The van der Waals surface area contributed by atoms with Gasteiger partial charge in [-0.2, -0.15) is 0 Å². The highest BCUT2D eigenvalue weighted by Gasteiger charge is 2.33. The maximum Gasteiger partial charge on any atom is 0.247 e. The first-order valence-electron chi connectivity index (χ1n) is 6.09. The standard InChI is InChI=1S/C14H16BrN3OS.2ClH/c1-14(16,10-3-5-11(15)6-4-10)13(19)18(2)7-12-8-20-9-17-12;;/h3-6,8-9H,7,16H2,1-2H3;2*1H. The van der Waals surface area contributed by atoms with Crippen LogP contribution in [0.25, 0.3) is 0 Å². The van der Waals surface area contributed by atoms with Gasteiger partial charge in [-0.15, -0.1) is 36.2 Å². The topological polar surface area (TPSA) is 59.2 Å². The zero-order valence-electron chi connectivity index (χ0n) is 12.2. The molecule has 22 heavy (non-hydrogen) atoms. The second kappa shape index (κ2) is 8.84. The Morgan fingerprint density at radius 2 is 1.95 bits per heavy atom. The number of halogens is 3. The van der Waals surface area contributed by atoms with Crippen molar-refractivity contribution in [3.63, 3.8) is 0 Å². The molecule has 2 aromatic rings. The molecular formula is C14H18BrCl2N3OS. The smallest absolute Gasteiger partial charge is 0.247 e. The van der Waals surface area contributed by atoms with E-state index in [4.69, 9.17) is 5.73 Å². The highest BCUT2D eigenvalue weighted by atomic mass is 79.9. The van der Waals surface area contributed by atoms with Gasteiger partial charge in [-0.05, 0) is 24.6 Å². The van der Waals surface area contributed by atoms with Crippen molar-refractivity contribution in [1.82, 2.24) is 9.88 Å². The fourth-order valence-corrected chi connectivity index (χ4v) is 2.76. The summed E-state index contributed by atoms with van der Waals surface area (Å²) < 4.78 is 0.959. The zero-order chi connectivity index (χ0) is 14.8. The average molecular weight is 427 g/mol. The Hall–Kier alpha value is -0.660. The summed E-state index contributed by atoms with van der Waals surface area (Å²) in [7, 11) is 1.74. The van der Waals surface area contributed by atoms with Crippen LogP contribution >= 0.6 is 52.1 Å². The van der Waals surface area contributed by atoms with Gasteiger partial charge in [-0.1, -0.05) is 28.1 Å². The van der Waals surface area contributed by atoms with Crippen LogP contribution < -0.4 is 5.73 Å². The maximum atomic E-state index is 12.5. The molecule has 1 aromatic heterocycles. The van der Waals surface area contributed by atoms with Crippen LogP contribution in [0.3, 0.4) is 0 Å². The van der Waals surface area contributed by atoms with Crippen molar-refractivity contribution < 1.29 is 4.79 Å². The van der Waals surface area contributed by atoms with Crippen LogP contribution in [-0.4, -0.2) is 22.8 Å². The van der Waals surface area contributed by atoms with E-state index in [1.165, 1.54) is 11.3 Å². The van der Waals surface area contributed by atoms with Gasteiger partial charge in [0.2, 0.25) is 5.91 Å². The number of thiazole rings is 1. The fraction of sp³-hybridized carbons (Fsp3) is 0.286. The normalized spacial score (nSPS) is 12.5. The lowest BCUT2D eigenvalue weighted by Gasteiger charge is -2.29. The molecule has 1 atom stereocenters. The van der Waals surface area contributed by atoms with Crippen molar-refractivity contribution in [2.24, 2.45) is 5.73 Å². The molecule has 2 N–H and O–H groups in total. The Morgan fingerprint density at radius 1 is 1.36 bits per heavy atom. The molecule has 1 amide bonds. The van der Waals surface area contributed by atoms with E-state index in [1.807, 2.05) is 29.6 Å². The summed E-state index contributed by atoms with van der Waals surface area (Å²) in [5, 5.41) is 1.93. The summed E-state index contributed by atoms with van der Waals surface area (Å²) in [4.78, 5) is 18.3. The van der Waals surface area contributed by atoms with Crippen LogP contribution in [0.2, 0.25) is 0 Å². The quantitative estimate of drug-likeness (QED) is 0.812. The van der Waals surface area contributed by atoms with E-state index in [1.54, 1.807) is 24.4 Å². The molecule has 4 nitrogen and oxygen atoms in total. The third kappa shape index (κ3) is 4.93. The Balaban J connectivity index is 0.00000220. The van der Waals surface area contributed by atoms with Crippen molar-refractivity contribution in [3.05, 3.63) is 50.9 Å². The maximum absolute atomic E-state index is 12.5. The van der Waals surface area contributed by atoms with Gasteiger partial charge in [-0.25, -0.2) is 4.98 Å². The second-order valence-corrected chi connectivity index (χ2v) is 6.48. The molecule has 0 saturated carbocycles. The molecule has 1 heterocycles. The molecule has 0 bridgehead atoms. The van der Waals surface area contributed by atoms with E-state index >= 15 is 0 Å². The molecule has 1 aromatic carbocycles. The number of aromatic nitrogens is 1. The van der Waals surface area contributed by atoms with E-state index in [0.717, 1.165) is 15.7 Å². The van der Waals surface area contributed by atoms with Crippen molar-refractivity contribution >= 4 is 58.0 Å². The van der Waals surface area contributed by atoms with Gasteiger partial charge >= 0.3 is 0 Å². The number of nitrogens with two attached hydrogens (primary N) is 1. The van der Waals surface area contributed by atoms with Gasteiger partial charge in [0.1, 0.15) is 5.54 Å². The van der Waals surface area contributed by atoms with Crippen LogP contribution in [0, 0.1) is 0 Å². The molecule has 122 valence electrons. The van der Waals surface area contributed by atoms with Gasteiger partial charge in [-0.3, -0.25) is 4.79 Å². The SMILES string of the molecule is CN(Cc1cscn1)C(=O)C(C)(N)c1ccc(Br)cc1.Cl.Cl. The minimum absolute atomic E-state index is 0. The Morgan fingerprint density at radius 3 is 2.45 bits per heavy atom. The lowest BCUT2D eigenvalue weighted by molar-refractivity contribution is -0.136. The van der Waals surface area contributed by atoms with E-state index in [-0.39, 0.29) is 30.7 Å². The Labute approximate surface area is 155 Å². The van der Waals surface area contributed by atoms with E-state index in [9.17, 15) is 4.79 Å². The van der Waals surface area contributed by atoms with Crippen LogP contribution in [0.15, 0.2) is 39.6 Å². The van der Waals surface area contributed by atoms with E-state index in [0.29, 0.717) is 6.54 Å². The summed E-state index contributed by atoms with van der Waals surface area (Å²) >= 11 is 4.89. The predicted octanol–water partition coefficient (Wildman–Crippen LogP) is 3.58. The third-order valence-electron chi connectivity index (χ3n) is 3.12. The largest absolute Gasteiger partial charge is 0.338 e. The van der Waals surface area contributed by atoms with Crippen LogP contribution in [0.1, 0.15) is 18.2 Å². The molecule has 0 aliphatic heterocycles. The average Bonchev–Trinajstić information content (AvgIpc) is 2.91. The van der Waals surface area contributed by atoms with Gasteiger partial charge in [0, 0.05) is 16.9 Å². The third-order valence-corrected chi connectivity index (χ3v) is 4.28. The van der Waals surface area contributed by atoms with Crippen LogP contribution in [0.4, 0.5) is 0 Å². The van der Waals surface area contributed by atoms with Gasteiger partial charge in [0.05, 0.1) is 17.7 Å². The highest BCUT2D eigenvalue weighted by molar-refractivity contribution is 9.10. The molecule has 0 spiro atoms. The Kier molecular flexibility index (Phi) is 8.57. The first-order valence-corrected chi connectivity index (χ1v) is 7.82. The van der Waals surface area contributed by atoms with Gasteiger partial charge in [0.15, 0.2) is 0 Å². The lowest BCUT2D eigenvalue weighted by Crippen LogP contribution is -2.49. The fourth-order valence-electron chi connectivity index (χ4n) is 1.95. The van der Waals surface area contributed by atoms with Gasteiger partial charge in [0.25, 0.3) is 0 Å². The van der Waals surface area contributed by atoms with E-state index in [2.05, 4.69) is 20.9 Å². The molecule has 8 heteroatoms. The Bertz CT molecular complexity index is 591. The molecule has 0 aliphatic carbocycles. The number of carbonyl (C=O) groups is 1. The molecule has 0 fully saturated rings. The first-order chi connectivity index (χ1) is 9.41. The molecule has 1 unspecified atom stereocenters. The van der Waals surface area contributed by atoms with Crippen molar-refractivity contribution in [2.45, 2.75) is 19.0 Å². The summed E-state index contributed by atoms with van der Waals surface area (Å²) in [6.45, 7) is 2.20. The van der Waals surface area contributed by atoms with Crippen molar-refractivity contribution in [1.29, 1.82) is 0 Å². The van der Waals surface area contributed by atoms with Crippen LogP contribution in [-0.2, 0) is 16.9 Å². The minimum Gasteiger partial charge on any atom is -0.338 e. The number of likely N-dealkylation sites (N-methyl/N-ethyl adjacent to an activating group) is 1. The van der Waals surface area contributed by atoms with Crippen molar-refractivity contribution in [2.75, 3.05) is 7.05 Å². The molecule has 0 saturated heterocycles. The first kappa shape index (κ1) is 21.3.